The Kier molecular flexibility index (Phi) is 5.49. The number of likely N-dealkylation sites (tertiary alicyclic amines) is 1. The van der Waals surface area contributed by atoms with Crippen LogP contribution in [0.1, 0.15) is 23.2 Å². The highest BCUT2D eigenvalue weighted by Gasteiger charge is 2.37. The van der Waals surface area contributed by atoms with Crippen LogP contribution in [0.4, 0.5) is 8.78 Å². The number of para-hydroxylation sites is 1. The molecule has 1 aromatic rings. The van der Waals surface area contributed by atoms with E-state index in [0.717, 1.165) is 0 Å². The van der Waals surface area contributed by atoms with Crippen LogP contribution in [0, 0.1) is 0 Å². The lowest BCUT2D eigenvalue weighted by molar-refractivity contribution is -0.138. The molecule has 1 heterocycles. The van der Waals surface area contributed by atoms with Gasteiger partial charge < -0.3 is 19.5 Å². The molecule has 0 radical (unpaired) electrons. The maximum Gasteiger partial charge on any atom is 0.387 e. The Labute approximate surface area is 131 Å². The van der Waals surface area contributed by atoms with E-state index in [9.17, 15) is 18.4 Å². The molecule has 1 saturated heterocycles. The molecule has 1 aliphatic heterocycles. The van der Waals surface area contributed by atoms with E-state index in [0.29, 0.717) is 6.42 Å². The van der Waals surface area contributed by atoms with Crippen molar-refractivity contribution in [2.75, 3.05) is 13.7 Å². The van der Waals surface area contributed by atoms with Gasteiger partial charge in [-0.15, -0.1) is 0 Å². The quantitative estimate of drug-likeness (QED) is 0.864. The average molecular weight is 329 g/mol. The number of nitrogens with zero attached hydrogens (tertiary/aromatic N) is 1. The monoisotopic (exact) mass is 329 g/mol. The Morgan fingerprint density at radius 2 is 2.09 bits per heavy atom. The van der Waals surface area contributed by atoms with Gasteiger partial charge in [0.25, 0.3) is 5.91 Å². The minimum atomic E-state index is -3.05. The smallest absolute Gasteiger partial charge is 0.387 e. The van der Waals surface area contributed by atoms with Crippen molar-refractivity contribution in [3.05, 3.63) is 29.8 Å². The molecule has 1 N–H and O–H groups in total. The summed E-state index contributed by atoms with van der Waals surface area (Å²) in [6.07, 6.45) is -0.137. The van der Waals surface area contributed by atoms with Gasteiger partial charge in [-0.1, -0.05) is 12.1 Å². The zero-order valence-corrected chi connectivity index (χ0v) is 12.4. The lowest BCUT2D eigenvalue weighted by Crippen LogP contribution is -2.37. The average Bonchev–Trinajstić information content (AvgIpc) is 2.88. The number of hydrogen-bond acceptors (Lipinski definition) is 4. The molecule has 1 amide bonds. The number of alkyl halides is 2. The Balaban J connectivity index is 2.25. The van der Waals surface area contributed by atoms with E-state index >= 15 is 0 Å². The van der Waals surface area contributed by atoms with E-state index < -0.39 is 24.5 Å². The summed E-state index contributed by atoms with van der Waals surface area (Å²) >= 11 is 0. The fourth-order valence-electron chi connectivity index (χ4n) is 2.69. The van der Waals surface area contributed by atoms with E-state index in [1.807, 2.05) is 0 Å². The van der Waals surface area contributed by atoms with Gasteiger partial charge in [0.15, 0.2) is 0 Å². The highest BCUT2D eigenvalue weighted by atomic mass is 19.3. The van der Waals surface area contributed by atoms with Crippen LogP contribution in [0.5, 0.6) is 5.75 Å². The summed E-state index contributed by atoms with van der Waals surface area (Å²) in [6.45, 7) is -2.85. The van der Waals surface area contributed by atoms with Crippen LogP contribution in [-0.2, 0) is 9.53 Å². The summed E-state index contributed by atoms with van der Waals surface area (Å²) in [5.41, 5.74) is -0.0278. The van der Waals surface area contributed by atoms with Crippen LogP contribution in [0.15, 0.2) is 24.3 Å². The highest BCUT2D eigenvalue weighted by molar-refractivity contribution is 5.97. The molecule has 0 spiro atoms. The van der Waals surface area contributed by atoms with Gasteiger partial charge in [-0.2, -0.15) is 8.78 Å². The summed E-state index contributed by atoms with van der Waals surface area (Å²) < 4.78 is 34.5. The maximum atomic E-state index is 12.7. The zero-order valence-electron chi connectivity index (χ0n) is 12.4. The molecule has 8 heteroatoms. The summed E-state index contributed by atoms with van der Waals surface area (Å²) in [5, 5.41) is 8.97. The van der Waals surface area contributed by atoms with Gasteiger partial charge in [-0.25, -0.2) is 0 Å². The molecule has 6 nitrogen and oxygen atoms in total. The minimum Gasteiger partial charge on any atom is -0.481 e. The number of carbonyl (C=O) groups is 2. The van der Waals surface area contributed by atoms with Crippen molar-refractivity contribution in [3.63, 3.8) is 0 Å². The van der Waals surface area contributed by atoms with Gasteiger partial charge in [0, 0.05) is 19.7 Å². The van der Waals surface area contributed by atoms with E-state index in [1.165, 1.54) is 36.3 Å². The van der Waals surface area contributed by atoms with Crippen LogP contribution < -0.4 is 4.74 Å². The van der Waals surface area contributed by atoms with Crippen molar-refractivity contribution in [3.8, 4) is 5.75 Å². The Morgan fingerprint density at radius 3 is 2.70 bits per heavy atom. The number of carboxylic acids is 1. The van der Waals surface area contributed by atoms with Crippen LogP contribution >= 0.6 is 0 Å². The fourth-order valence-corrected chi connectivity index (χ4v) is 2.69. The first kappa shape index (κ1) is 17.1. The van der Waals surface area contributed by atoms with Crippen molar-refractivity contribution in [1.29, 1.82) is 0 Å². The first-order chi connectivity index (χ1) is 10.9. The van der Waals surface area contributed by atoms with Crippen molar-refractivity contribution in [1.82, 2.24) is 4.90 Å². The summed E-state index contributed by atoms with van der Waals surface area (Å²) in [4.78, 5) is 25.0. The van der Waals surface area contributed by atoms with Gasteiger partial charge in [0.1, 0.15) is 5.75 Å². The van der Waals surface area contributed by atoms with Crippen LogP contribution in [0.3, 0.4) is 0 Å². The molecule has 0 bridgehead atoms. The second-order valence-corrected chi connectivity index (χ2v) is 5.18. The van der Waals surface area contributed by atoms with E-state index in [1.54, 1.807) is 0 Å². The second kappa shape index (κ2) is 7.36. The molecule has 0 saturated carbocycles. The number of hydrogen-bond donors (Lipinski definition) is 1. The molecular formula is C15H17F2NO5. The molecule has 2 unspecified atom stereocenters. The number of carboxylic acid groups (broad SMARTS) is 1. The molecule has 23 heavy (non-hydrogen) atoms. The third-order valence-corrected chi connectivity index (χ3v) is 3.71. The molecule has 0 aromatic heterocycles. The summed E-state index contributed by atoms with van der Waals surface area (Å²) in [5.74, 6) is -1.82. The largest absolute Gasteiger partial charge is 0.481 e. The maximum absolute atomic E-state index is 12.7. The van der Waals surface area contributed by atoms with E-state index in [-0.39, 0.29) is 30.4 Å². The van der Waals surface area contributed by atoms with Gasteiger partial charge in [0.2, 0.25) is 0 Å². The molecular weight excluding hydrogens is 312 g/mol. The normalized spacial score (nSPS) is 20.8. The number of ether oxygens (including phenoxy) is 2. The molecule has 1 aliphatic rings. The number of amides is 1. The van der Waals surface area contributed by atoms with Crippen molar-refractivity contribution < 1.29 is 33.0 Å². The number of carbonyl (C=O) groups excluding carboxylic acids is 1. The molecule has 1 fully saturated rings. The predicted octanol–water partition coefficient (Wildman–Crippen LogP) is 1.99. The number of halogens is 2. The molecule has 2 atom stereocenters. The SMILES string of the molecule is COC1CC(CC(=O)O)N(C(=O)c2ccccc2OC(F)F)C1. The van der Waals surface area contributed by atoms with Crippen molar-refractivity contribution in [2.45, 2.75) is 31.6 Å². The van der Waals surface area contributed by atoms with Gasteiger partial charge in [0.05, 0.1) is 18.1 Å². The van der Waals surface area contributed by atoms with Gasteiger partial charge >= 0.3 is 12.6 Å². The second-order valence-electron chi connectivity index (χ2n) is 5.18. The highest BCUT2D eigenvalue weighted by Crippen LogP contribution is 2.28. The van der Waals surface area contributed by atoms with E-state index in [4.69, 9.17) is 9.84 Å². The van der Waals surface area contributed by atoms with Crippen LogP contribution in [0.2, 0.25) is 0 Å². The Hall–Kier alpha value is -2.22. The Morgan fingerprint density at radius 1 is 1.39 bits per heavy atom. The third-order valence-electron chi connectivity index (χ3n) is 3.71. The van der Waals surface area contributed by atoms with Crippen LogP contribution in [0.25, 0.3) is 0 Å². The summed E-state index contributed by atoms with van der Waals surface area (Å²) in [6, 6.07) is 5.10. The Bertz CT molecular complexity index is 581. The molecule has 126 valence electrons. The van der Waals surface area contributed by atoms with Gasteiger partial charge in [-0.05, 0) is 18.6 Å². The molecule has 2 rings (SSSR count). The van der Waals surface area contributed by atoms with Crippen LogP contribution in [-0.4, -0.2) is 54.3 Å². The van der Waals surface area contributed by atoms with Crippen molar-refractivity contribution >= 4 is 11.9 Å². The first-order valence-corrected chi connectivity index (χ1v) is 7.01. The van der Waals surface area contributed by atoms with E-state index in [2.05, 4.69) is 4.74 Å². The summed E-state index contributed by atoms with van der Waals surface area (Å²) in [7, 11) is 1.48. The molecule has 1 aromatic carbocycles. The van der Waals surface area contributed by atoms with Gasteiger partial charge in [-0.3, -0.25) is 9.59 Å². The zero-order chi connectivity index (χ0) is 17.0. The third kappa shape index (κ3) is 4.16. The minimum absolute atomic E-state index is 0.0278. The lowest BCUT2D eigenvalue weighted by Gasteiger charge is -2.24. The topological polar surface area (TPSA) is 76.1 Å². The standard InChI is InChI=1S/C15H17F2NO5/c1-22-10-6-9(7-13(19)20)18(8-10)14(21)11-4-2-3-5-12(11)23-15(16)17/h2-5,9-10,15H,6-8H2,1H3,(H,19,20). The molecule has 0 aliphatic carbocycles. The lowest BCUT2D eigenvalue weighted by atomic mass is 10.1. The number of aliphatic carboxylic acids is 1. The number of rotatable bonds is 6. The number of methoxy groups -OCH3 is 1. The first-order valence-electron chi connectivity index (χ1n) is 7.01. The fraction of sp³-hybridized carbons (Fsp3) is 0.467. The number of benzene rings is 1. The van der Waals surface area contributed by atoms with Crippen molar-refractivity contribution in [2.24, 2.45) is 0 Å². The predicted molar refractivity (Wildman–Crippen MR) is 75.6 cm³/mol.